The van der Waals surface area contributed by atoms with E-state index in [1.54, 1.807) is 30.4 Å². The quantitative estimate of drug-likeness (QED) is 0.113. The molecule has 0 saturated heterocycles. The van der Waals surface area contributed by atoms with E-state index in [9.17, 15) is 4.79 Å². The summed E-state index contributed by atoms with van der Waals surface area (Å²) in [5.41, 5.74) is 9.93. The van der Waals surface area contributed by atoms with Crippen LogP contribution in [0, 0.1) is 5.41 Å². The minimum atomic E-state index is -0.0298. The van der Waals surface area contributed by atoms with E-state index in [4.69, 9.17) is 53.8 Å². The molecule has 0 aliphatic heterocycles. The highest BCUT2D eigenvalue weighted by Gasteiger charge is 2.15. The summed E-state index contributed by atoms with van der Waals surface area (Å²) < 4.78 is 17.4. The van der Waals surface area contributed by atoms with Crippen LogP contribution in [0.5, 0.6) is 17.2 Å². The van der Waals surface area contributed by atoms with Crippen LogP contribution in [0.15, 0.2) is 83.6 Å². The molecule has 0 atom stereocenters. The molecule has 0 radical (unpaired) electrons. The summed E-state index contributed by atoms with van der Waals surface area (Å²) in [5.74, 6) is 1.45. The second kappa shape index (κ2) is 13.1. The third kappa shape index (κ3) is 6.86. The average molecular weight is 566 g/mol. The molecule has 1 aliphatic carbocycles. The number of nitrogens with one attached hydrogen (secondary N) is 1. The molecule has 3 aromatic rings. The van der Waals surface area contributed by atoms with Crippen molar-refractivity contribution >= 4 is 40.9 Å². The maximum absolute atomic E-state index is 10.6. The average Bonchev–Trinajstić information content (AvgIpc) is 2.95. The monoisotopic (exact) mass is 565 g/mol. The third-order valence-corrected chi connectivity index (χ3v) is 6.56. The zero-order chi connectivity index (χ0) is 27.8. The Labute approximate surface area is 235 Å². The molecular formula is C29H25Cl2N3O5. The fraction of sp³-hybridized carbons (Fsp3) is 0.138. The predicted octanol–water partition coefficient (Wildman–Crippen LogP) is 6.00. The number of hydrogen-bond acceptors (Lipinski definition) is 8. The highest BCUT2D eigenvalue weighted by atomic mass is 35.5. The SMILES string of the molecule is N=C1C=C(COc2cc(OCc3cccc(-c4cccc(OCC=O)c4)c3Cl)c(Cl)cc2CN)C=C/C1=N/O. The highest BCUT2D eigenvalue weighted by molar-refractivity contribution is 6.50. The summed E-state index contributed by atoms with van der Waals surface area (Å²) in [6.07, 6.45) is 5.50. The van der Waals surface area contributed by atoms with E-state index in [0.717, 1.165) is 22.3 Å². The van der Waals surface area contributed by atoms with E-state index in [-0.39, 0.29) is 37.8 Å². The van der Waals surface area contributed by atoms with Crippen molar-refractivity contribution in [2.45, 2.75) is 13.2 Å². The lowest BCUT2D eigenvalue weighted by Crippen LogP contribution is -2.14. The molecule has 4 rings (SSSR count). The van der Waals surface area contributed by atoms with Crippen LogP contribution in [0.4, 0.5) is 0 Å². The number of hydrogen-bond donors (Lipinski definition) is 3. The first-order valence-corrected chi connectivity index (χ1v) is 12.6. The van der Waals surface area contributed by atoms with Crippen LogP contribution in [0.2, 0.25) is 10.0 Å². The number of benzene rings is 3. The van der Waals surface area contributed by atoms with Gasteiger partial charge in [-0.1, -0.05) is 64.8 Å². The molecule has 1 aliphatic rings. The number of rotatable bonds is 11. The Morgan fingerprint density at radius 3 is 2.49 bits per heavy atom. The molecule has 3 aromatic carbocycles. The van der Waals surface area contributed by atoms with Gasteiger partial charge in [-0.05, 0) is 41.5 Å². The largest absolute Gasteiger partial charge is 0.488 e. The van der Waals surface area contributed by atoms with Crippen molar-refractivity contribution in [1.29, 1.82) is 5.41 Å². The summed E-state index contributed by atoms with van der Waals surface area (Å²) in [4.78, 5) is 10.6. The Bertz CT molecular complexity index is 1480. The molecule has 0 fully saturated rings. The van der Waals surface area contributed by atoms with E-state index < -0.39 is 0 Å². The Balaban J connectivity index is 1.50. The number of nitrogens with zero attached hydrogens (tertiary/aromatic N) is 1. The molecule has 10 heteroatoms. The smallest absolute Gasteiger partial charge is 0.157 e. The van der Waals surface area contributed by atoms with E-state index in [0.29, 0.717) is 39.1 Å². The molecular weight excluding hydrogens is 541 g/mol. The first-order chi connectivity index (χ1) is 18.9. The van der Waals surface area contributed by atoms with Gasteiger partial charge in [0.1, 0.15) is 42.8 Å². The van der Waals surface area contributed by atoms with E-state index in [1.165, 1.54) is 6.08 Å². The zero-order valence-electron chi connectivity index (χ0n) is 20.7. The summed E-state index contributed by atoms with van der Waals surface area (Å²) in [7, 11) is 0. The number of aldehydes is 1. The van der Waals surface area contributed by atoms with Gasteiger partial charge in [0.2, 0.25) is 0 Å². The molecule has 0 heterocycles. The Morgan fingerprint density at radius 1 is 0.949 bits per heavy atom. The van der Waals surface area contributed by atoms with E-state index in [2.05, 4.69) is 5.16 Å². The molecule has 39 heavy (non-hydrogen) atoms. The Kier molecular flexibility index (Phi) is 9.38. The fourth-order valence-corrected chi connectivity index (χ4v) is 4.39. The van der Waals surface area contributed by atoms with Gasteiger partial charge >= 0.3 is 0 Å². The minimum absolute atomic E-state index is 0.0298. The Morgan fingerprint density at radius 2 is 1.74 bits per heavy atom. The van der Waals surface area contributed by atoms with Gasteiger partial charge < -0.3 is 25.2 Å². The molecule has 0 unspecified atom stereocenters. The number of ether oxygens (including phenoxy) is 3. The molecule has 200 valence electrons. The van der Waals surface area contributed by atoms with Crippen LogP contribution < -0.4 is 19.9 Å². The van der Waals surface area contributed by atoms with Crippen molar-refractivity contribution in [1.82, 2.24) is 0 Å². The molecule has 4 N–H and O–H groups in total. The summed E-state index contributed by atoms with van der Waals surface area (Å²) in [6.45, 7) is 0.474. The van der Waals surface area contributed by atoms with Gasteiger partial charge in [-0.15, -0.1) is 0 Å². The van der Waals surface area contributed by atoms with Crippen LogP contribution in [0.1, 0.15) is 11.1 Å². The fourth-order valence-electron chi connectivity index (χ4n) is 3.86. The number of halogens is 2. The number of carbonyl (C=O) groups excluding carboxylic acids is 1. The van der Waals surface area contributed by atoms with Crippen molar-refractivity contribution in [3.8, 4) is 28.4 Å². The first-order valence-electron chi connectivity index (χ1n) is 11.9. The topological polar surface area (TPSA) is 127 Å². The minimum Gasteiger partial charge on any atom is -0.488 e. The lowest BCUT2D eigenvalue weighted by Gasteiger charge is -2.17. The van der Waals surface area contributed by atoms with Crippen LogP contribution in [-0.4, -0.2) is 36.1 Å². The van der Waals surface area contributed by atoms with Gasteiger partial charge in [0.25, 0.3) is 0 Å². The van der Waals surface area contributed by atoms with Crippen molar-refractivity contribution in [2.24, 2.45) is 10.9 Å². The number of nitrogens with two attached hydrogens (primary N) is 1. The van der Waals surface area contributed by atoms with Gasteiger partial charge in [0, 0.05) is 29.3 Å². The standard InChI is InChI=1S/C29H25Cl2N3O5/c30-24-13-21(15-32)27(38-16-18-7-8-26(34-36)25(33)11-18)14-28(24)39-17-20-4-2-6-23(29(20)31)19-3-1-5-22(12-19)37-10-9-35/h1-9,11-14,33,36H,10,15-17,32H2/b33-25?,34-26-. The number of oxime groups is 1. The van der Waals surface area contributed by atoms with Crippen LogP contribution in [0.3, 0.4) is 0 Å². The molecule has 0 saturated carbocycles. The maximum Gasteiger partial charge on any atom is 0.157 e. The van der Waals surface area contributed by atoms with Crippen LogP contribution in [0.25, 0.3) is 11.1 Å². The molecule has 0 bridgehead atoms. The molecule has 0 spiro atoms. The zero-order valence-corrected chi connectivity index (χ0v) is 22.2. The second-order valence-corrected chi connectivity index (χ2v) is 9.19. The second-order valence-electron chi connectivity index (χ2n) is 8.41. The lowest BCUT2D eigenvalue weighted by atomic mass is 10.0. The number of allylic oxidation sites excluding steroid dienone is 2. The molecule has 0 aromatic heterocycles. The highest BCUT2D eigenvalue weighted by Crippen LogP contribution is 2.36. The van der Waals surface area contributed by atoms with Gasteiger partial charge in [0.15, 0.2) is 6.29 Å². The molecule has 8 nitrogen and oxygen atoms in total. The van der Waals surface area contributed by atoms with Crippen molar-refractivity contribution in [2.75, 3.05) is 13.2 Å². The van der Waals surface area contributed by atoms with Crippen molar-refractivity contribution in [3.05, 3.63) is 99.6 Å². The maximum atomic E-state index is 10.6. The first kappa shape index (κ1) is 27.9. The summed E-state index contributed by atoms with van der Waals surface area (Å²) >= 11 is 13.2. The van der Waals surface area contributed by atoms with Gasteiger partial charge in [-0.2, -0.15) is 0 Å². The summed E-state index contributed by atoms with van der Waals surface area (Å²) in [5, 5.41) is 20.8. The normalized spacial score (nSPS) is 13.8. The Hall–Kier alpha value is -4.11. The van der Waals surface area contributed by atoms with Crippen molar-refractivity contribution in [3.63, 3.8) is 0 Å². The van der Waals surface area contributed by atoms with Crippen LogP contribution >= 0.6 is 23.2 Å². The van der Waals surface area contributed by atoms with Gasteiger partial charge in [-0.3, -0.25) is 10.2 Å². The lowest BCUT2D eigenvalue weighted by molar-refractivity contribution is -0.109. The van der Waals surface area contributed by atoms with E-state index in [1.807, 2.05) is 36.4 Å². The van der Waals surface area contributed by atoms with Crippen LogP contribution in [-0.2, 0) is 17.9 Å². The van der Waals surface area contributed by atoms with Crippen molar-refractivity contribution < 1.29 is 24.2 Å². The van der Waals surface area contributed by atoms with E-state index >= 15 is 0 Å². The number of carbonyl (C=O) groups is 1. The predicted molar refractivity (Wildman–Crippen MR) is 152 cm³/mol. The summed E-state index contributed by atoms with van der Waals surface area (Å²) in [6, 6.07) is 16.3. The van der Waals surface area contributed by atoms with Gasteiger partial charge in [0.05, 0.1) is 15.8 Å². The molecule has 0 amide bonds. The third-order valence-electron chi connectivity index (χ3n) is 5.82. The van der Waals surface area contributed by atoms with Gasteiger partial charge in [-0.25, -0.2) is 0 Å².